The summed E-state index contributed by atoms with van der Waals surface area (Å²) in [6.45, 7) is 4.49. The molecule has 1 unspecified atom stereocenters. The Morgan fingerprint density at radius 3 is 2.44 bits per heavy atom. The van der Waals surface area contributed by atoms with Gasteiger partial charge in [-0.15, -0.1) is 0 Å². The summed E-state index contributed by atoms with van der Waals surface area (Å²) in [6, 6.07) is 8.20. The van der Waals surface area contributed by atoms with E-state index < -0.39 is 0 Å². The van der Waals surface area contributed by atoms with Crippen LogP contribution in [0.4, 0.5) is 0 Å². The Morgan fingerprint density at radius 2 is 1.89 bits per heavy atom. The van der Waals surface area contributed by atoms with Gasteiger partial charge in [0, 0.05) is 13.2 Å². The predicted octanol–water partition coefficient (Wildman–Crippen LogP) is 2.63. The van der Waals surface area contributed by atoms with Crippen LogP contribution in [-0.4, -0.2) is 26.9 Å². The Balaban J connectivity index is 2.36. The van der Waals surface area contributed by atoms with Crippen LogP contribution in [0, 0.1) is 5.92 Å². The van der Waals surface area contributed by atoms with Crippen LogP contribution in [0.25, 0.3) is 0 Å². The fraction of sp³-hybridized carbons (Fsp3) is 0.600. The number of hydrogen-bond donors (Lipinski definition) is 1. The predicted molar refractivity (Wildman–Crippen MR) is 75.0 cm³/mol. The molecule has 3 nitrogen and oxygen atoms in total. The Hall–Kier alpha value is -1.06. The summed E-state index contributed by atoms with van der Waals surface area (Å²) in [7, 11) is 1.68. The van der Waals surface area contributed by atoms with E-state index in [0.717, 1.165) is 38.2 Å². The quantitative estimate of drug-likeness (QED) is 0.686. The lowest BCUT2D eigenvalue weighted by Gasteiger charge is -2.15. The van der Waals surface area contributed by atoms with Crippen LogP contribution in [0.5, 0.6) is 5.75 Å². The van der Waals surface area contributed by atoms with E-state index in [2.05, 4.69) is 19.1 Å². The van der Waals surface area contributed by atoms with Crippen LogP contribution >= 0.6 is 0 Å². The van der Waals surface area contributed by atoms with E-state index in [0.29, 0.717) is 12.5 Å². The van der Waals surface area contributed by atoms with Crippen LogP contribution in [0.3, 0.4) is 0 Å². The van der Waals surface area contributed by atoms with Crippen molar-refractivity contribution in [1.82, 2.24) is 0 Å². The van der Waals surface area contributed by atoms with Crippen molar-refractivity contribution in [3.05, 3.63) is 29.8 Å². The summed E-state index contributed by atoms with van der Waals surface area (Å²) >= 11 is 0. The van der Waals surface area contributed by atoms with E-state index in [4.69, 9.17) is 15.2 Å². The maximum Gasteiger partial charge on any atom is 0.118 e. The first-order valence-corrected chi connectivity index (χ1v) is 6.70. The number of methoxy groups -OCH3 is 1. The Labute approximate surface area is 110 Å². The van der Waals surface area contributed by atoms with Crippen molar-refractivity contribution in [2.45, 2.75) is 26.2 Å². The molecule has 0 bridgehead atoms. The molecular formula is C15H25NO2. The first-order valence-electron chi connectivity index (χ1n) is 6.70. The lowest BCUT2D eigenvalue weighted by Crippen LogP contribution is -2.19. The molecule has 2 N–H and O–H groups in total. The molecular weight excluding hydrogens is 226 g/mol. The molecule has 0 spiro atoms. The third kappa shape index (κ3) is 5.52. The van der Waals surface area contributed by atoms with Gasteiger partial charge in [-0.05, 0) is 49.4 Å². The van der Waals surface area contributed by atoms with Gasteiger partial charge in [0.15, 0.2) is 0 Å². The largest absolute Gasteiger partial charge is 0.497 e. The Morgan fingerprint density at radius 1 is 1.17 bits per heavy atom. The fourth-order valence-electron chi connectivity index (χ4n) is 1.89. The van der Waals surface area contributed by atoms with Gasteiger partial charge in [0.05, 0.1) is 7.11 Å². The molecule has 0 saturated carbocycles. The zero-order chi connectivity index (χ0) is 13.2. The standard InChI is InChI=1S/C15H25NO2/c1-3-9-18-10-8-14(12-16)11-13-4-6-15(17-2)7-5-13/h4-7,14H,3,8-12,16H2,1-2H3. The highest BCUT2D eigenvalue weighted by Crippen LogP contribution is 2.16. The molecule has 102 valence electrons. The minimum Gasteiger partial charge on any atom is -0.497 e. The second-order valence-corrected chi connectivity index (χ2v) is 4.55. The lowest BCUT2D eigenvalue weighted by molar-refractivity contribution is 0.121. The van der Waals surface area contributed by atoms with Crippen molar-refractivity contribution < 1.29 is 9.47 Å². The van der Waals surface area contributed by atoms with Crippen molar-refractivity contribution in [2.24, 2.45) is 11.7 Å². The van der Waals surface area contributed by atoms with E-state index in [1.165, 1.54) is 5.56 Å². The van der Waals surface area contributed by atoms with Gasteiger partial charge in [0.25, 0.3) is 0 Å². The zero-order valence-corrected chi connectivity index (χ0v) is 11.5. The van der Waals surface area contributed by atoms with Crippen LogP contribution in [0.2, 0.25) is 0 Å². The highest BCUT2D eigenvalue weighted by Gasteiger charge is 2.08. The van der Waals surface area contributed by atoms with Gasteiger partial charge < -0.3 is 15.2 Å². The van der Waals surface area contributed by atoms with E-state index in [1.54, 1.807) is 7.11 Å². The van der Waals surface area contributed by atoms with Gasteiger partial charge >= 0.3 is 0 Å². The Kier molecular flexibility index (Phi) is 7.46. The number of hydrogen-bond acceptors (Lipinski definition) is 3. The molecule has 0 aliphatic rings. The normalized spacial score (nSPS) is 12.4. The average Bonchev–Trinajstić information content (AvgIpc) is 2.43. The number of benzene rings is 1. The van der Waals surface area contributed by atoms with Gasteiger partial charge in [-0.3, -0.25) is 0 Å². The van der Waals surface area contributed by atoms with Gasteiger partial charge in [0.1, 0.15) is 5.75 Å². The summed E-state index contributed by atoms with van der Waals surface area (Å²) in [4.78, 5) is 0. The highest BCUT2D eigenvalue weighted by atomic mass is 16.5. The lowest BCUT2D eigenvalue weighted by atomic mass is 9.96. The minimum absolute atomic E-state index is 0.496. The summed E-state index contributed by atoms with van der Waals surface area (Å²) < 4.78 is 10.7. The topological polar surface area (TPSA) is 44.5 Å². The van der Waals surface area contributed by atoms with Crippen LogP contribution in [0.1, 0.15) is 25.3 Å². The number of rotatable bonds is 9. The maximum absolute atomic E-state index is 5.81. The SMILES string of the molecule is CCCOCCC(CN)Cc1ccc(OC)cc1. The summed E-state index contributed by atoms with van der Waals surface area (Å²) in [6.07, 6.45) is 3.12. The van der Waals surface area contributed by atoms with Crippen molar-refractivity contribution in [2.75, 3.05) is 26.9 Å². The third-order valence-corrected chi connectivity index (χ3v) is 3.04. The monoisotopic (exact) mass is 251 g/mol. The zero-order valence-electron chi connectivity index (χ0n) is 11.5. The first-order chi connectivity index (χ1) is 8.80. The van der Waals surface area contributed by atoms with Crippen molar-refractivity contribution >= 4 is 0 Å². The second kappa shape index (κ2) is 8.95. The molecule has 0 fully saturated rings. The smallest absolute Gasteiger partial charge is 0.118 e. The maximum atomic E-state index is 5.81. The molecule has 18 heavy (non-hydrogen) atoms. The molecule has 1 aromatic carbocycles. The van der Waals surface area contributed by atoms with E-state index in [9.17, 15) is 0 Å². The average molecular weight is 251 g/mol. The van der Waals surface area contributed by atoms with Crippen LogP contribution in [-0.2, 0) is 11.2 Å². The van der Waals surface area contributed by atoms with Crippen LogP contribution in [0.15, 0.2) is 24.3 Å². The highest BCUT2D eigenvalue weighted by molar-refractivity contribution is 5.27. The van der Waals surface area contributed by atoms with Gasteiger partial charge in [-0.2, -0.15) is 0 Å². The summed E-state index contributed by atoms with van der Waals surface area (Å²) in [5.74, 6) is 1.39. The second-order valence-electron chi connectivity index (χ2n) is 4.55. The van der Waals surface area contributed by atoms with Crippen molar-refractivity contribution in [3.8, 4) is 5.75 Å². The van der Waals surface area contributed by atoms with Crippen molar-refractivity contribution in [1.29, 1.82) is 0 Å². The molecule has 1 rings (SSSR count). The summed E-state index contributed by atoms with van der Waals surface area (Å²) in [5.41, 5.74) is 7.12. The molecule has 0 aromatic heterocycles. The Bertz CT molecular complexity index is 311. The third-order valence-electron chi connectivity index (χ3n) is 3.04. The molecule has 0 aliphatic carbocycles. The molecule has 0 aliphatic heterocycles. The van der Waals surface area contributed by atoms with Gasteiger partial charge in [-0.1, -0.05) is 19.1 Å². The molecule has 3 heteroatoms. The molecule has 1 atom stereocenters. The fourth-order valence-corrected chi connectivity index (χ4v) is 1.89. The van der Waals surface area contributed by atoms with Gasteiger partial charge in [0.2, 0.25) is 0 Å². The van der Waals surface area contributed by atoms with E-state index in [1.807, 2.05) is 12.1 Å². The molecule has 0 amide bonds. The molecule has 0 radical (unpaired) electrons. The first kappa shape index (κ1) is 15.0. The minimum atomic E-state index is 0.496. The summed E-state index contributed by atoms with van der Waals surface area (Å²) in [5, 5.41) is 0. The van der Waals surface area contributed by atoms with E-state index in [-0.39, 0.29) is 0 Å². The number of nitrogens with two attached hydrogens (primary N) is 1. The van der Waals surface area contributed by atoms with E-state index >= 15 is 0 Å². The van der Waals surface area contributed by atoms with Crippen LogP contribution < -0.4 is 10.5 Å². The number of ether oxygens (including phenoxy) is 2. The molecule has 1 aromatic rings. The molecule has 0 saturated heterocycles. The van der Waals surface area contributed by atoms with Crippen molar-refractivity contribution in [3.63, 3.8) is 0 Å². The van der Waals surface area contributed by atoms with Gasteiger partial charge in [-0.25, -0.2) is 0 Å². The molecule has 0 heterocycles.